The van der Waals surface area contributed by atoms with Crippen molar-refractivity contribution >= 4 is 5.65 Å². The molecule has 7 nitrogen and oxygen atoms in total. The normalized spacial score (nSPS) is 19.4. The molecule has 0 bridgehead atoms. The van der Waals surface area contributed by atoms with E-state index < -0.39 is 0 Å². The summed E-state index contributed by atoms with van der Waals surface area (Å²) in [7, 11) is 2.00. The van der Waals surface area contributed by atoms with Crippen LogP contribution in [0.4, 0.5) is 0 Å². The molecule has 23 heavy (non-hydrogen) atoms. The van der Waals surface area contributed by atoms with Crippen molar-refractivity contribution in [2.45, 2.75) is 25.3 Å². The number of aromatic nitrogens is 5. The fourth-order valence-corrected chi connectivity index (χ4v) is 3.51. The van der Waals surface area contributed by atoms with Crippen LogP contribution in [-0.4, -0.2) is 42.4 Å². The highest BCUT2D eigenvalue weighted by Gasteiger charge is 2.23. The van der Waals surface area contributed by atoms with Gasteiger partial charge in [-0.05, 0) is 25.5 Å². The molecule has 1 saturated heterocycles. The van der Waals surface area contributed by atoms with E-state index in [0.717, 1.165) is 25.2 Å². The number of nitrogens with zero attached hydrogens (tertiary/aromatic N) is 5. The summed E-state index contributed by atoms with van der Waals surface area (Å²) in [6.45, 7) is 2.74. The van der Waals surface area contributed by atoms with Crippen molar-refractivity contribution in [2.75, 3.05) is 13.1 Å². The smallest absolute Gasteiger partial charge is 0.272 e. The maximum atomic E-state index is 12.1. The Morgan fingerprint density at radius 2 is 2.30 bits per heavy atom. The highest BCUT2D eigenvalue weighted by Crippen LogP contribution is 2.26. The minimum absolute atomic E-state index is 0.0600. The summed E-state index contributed by atoms with van der Waals surface area (Å²) >= 11 is 0. The maximum Gasteiger partial charge on any atom is 0.272 e. The second-order valence-electron chi connectivity index (χ2n) is 6.20. The molecule has 7 heteroatoms. The Morgan fingerprint density at radius 1 is 1.39 bits per heavy atom. The van der Waals surface area contributed by atoms with Crippen molar-refractivity contribution in [1.29, 1.82) is 0 Å². The lowest BCUT2D eigenvalue weighted by Gasteiger charge is -2.32. The van der Waals surface area contributed by atoms with Crippen LogP contribution in [0.25, 0.3) is 5.65 Å². The molecule has 0 unspecified atom stereocenters. The molecule has 1 aliphatic heterocycles. The summed E-state index contributed by atoms with van der Waals surface area (Å²) in [6.07, 6.45) is 5.92. The van der Waals surface area contributed by atoms with Crippen LogP contribution in [0.1, 0.15) is 30.1 Å². The first-order valence-corrected chi connectivity index (χ1v) is 7.97. The fourth-order valence-electron chi connectivity index (χ4n) is 3.51. The van der Waals surface area contributed by atoms with Crippen LogP contribution < -0.4 is 5.56 Å². The van der Waals surface area contributed by atoms with E-state index in [1.807, 2.05) is 24.0 Å². The molecule has 120 valence electrons. The predicted molar refractivity (Wildman–Crippen MR) is 86.3 cm³/mol. The first-order valence-electron chi connectivity index (χ1n) is 7.97. The number of likely N-dealkylation sites (tertiary alicyclic amines) is 1. The Balaban J connectivity index is 1.53. The van der Waals surface area contributed by atoms with Crippen LogP contribution in [0.15, 0.2) is 35.4 Å². The number of hydrogen-bond acceptors (Lipinski definition) is 4. The molecule has 3 aromatic heterocycles. The third-order valence-corrected chi connectivity index (χ3v) is 4.60. The molecule has 0 amide bonds. The Hall–Kier alpha value is -2.41. The van der Waals surface area contributed by atoms with Gasteiger partial charge in [-0.15, -0.1) is 0 Å². The van der Waals surface area contributed by atoms with E-state index >= 15 is 0 Å². The van der Waals surface area contributed by atoms with Crippen molar-refractivity contribution in [1.82, 2.24) is 29.3 Å². The van der Waals surface area contributed by atoms with Gasteiger partial charge < -0.3 is 0 Å². The van der Waals surface area contributed by atoms with E-state index in [-0.39, 0.29) is 5.56 Å². The highest BCUT2D eigenvalue weighted by molar-refractivity contribution is 5.36. The average Bonchev–Trinajstić information content (AvgIpc) is 3.16. The Bertz CT molecular complexity index is 876. The van der Waals surface area contributed by atoms with Crippen LogP contribution in [0.5, 0.6) is 0 Å². The molecule has 0 spiro atoms. The second-order valence-corrected chi connectivity index (χ2v) is 6.20. The molecular weight excluding hydrogens is 292 g/mol. The van der Waals surface area contributed by atoms with Crippen molar-refractivity contribution in [3.05, 3.63) is 52.3 Å². The van der Waals surface area contributed by atoms with Gasteiger partial charge in [-0.2, -0.15) is 5.10 Å². The summed E-state index contributed by atoms with van der Waals surface area (Å²) in [4.78, 5) is 19.0. The van der Waals surface area contributed by atoms with Crippen LogP contribution in [0.3, 0.4) is 0 Å². The number of hydrogen-bond donors (Lipinski definition) is 1. The number of piperidine rings is 1. The van der Waals surface area contributed by atoms with Gasteiger partial charge >= 0.3 is 0 Å². The quantitative estimate of drug-likeness (QED) is 0.787. The van der Waals surface area contributed by atoms with E-state index in [2.05, 4.69) is 26.1 Å². The van der Waals surface area contributed by atoms with Gasteiger partial charge in [-0.25, -0.2) is 9.50 Å². The first kappa shape index (κ1) is 14.2. The number of rotatable bonds is 3. The van der Waals surface area contributed by atoms with Gasteiger partial charge in [0.1, 0.15) is 0 Å². The molecule has 0 aromatic carbocycles. The third-order valence-electron chi connectivity index (χ3n) is 4.60. The lowest BCUT2D eigenvalue weighted by atomic mass is 9.94. The Kier molecular flexibility index (Phi) is 3.49. The number of aromatic amines is 1. The molecule has 4 heterocycles. The Labute approximate surface area is 133 Å². The van der Waals surface area contributed by atoms with Gasteiger partial charge in [0.2, 0.25) is 0 Å². The van der Waals surface area contributed by atoms with Gasteiger partial charge in [-0.1, -0.05) is 0 Å². The van der Waals surface area contributed by atoms with E-state index in [1.54, 1.807) is 12.3 Å². The van der Waals surface area contributed by atoms with E-state index in [9.17, 15) is 4.79 Å². The largest absolute Gasteiger partial charge is 0.297 e. The molecule has 1 atom stereocenters. The zero-order valence-electron chi connectivity index (χ0n) is 13.1. The zero-order valence-corrected chi connectivity index (χ0v) is 13.1. The molecule has 1 fully saturated rings. The van der Waals surface area contributed by atoms with Crippen molar-refractivity contribution in [3.63, 3.8) is 0 Å². The number of nitrogens with one attached hydrogen (secondary N) is 1. The molecule has 0 radical (unpaired) electrons. The lowest BCUT2D eigenvalue weighted by Crippen LogP contribution is -2.35. The minimum Gasteiger partial charge on any atom is -0.297 e. The topological polar surface area (TPSA) is 71.2 Å². The molecule has 4 rings (SSSR count). The van der Waals surface area contributed by atoms with Crippen molar-refractivity contribution in [3.8, 4) is 0 Å². The minimum atomic E-state index is -0.0600. The molecular formula is C16H20N6O. The van der Waals surface area contributed by atoms with Crippen LogP contribution in [-0.2, 0) is 13.6 Å². The fraction of sp³-hybridized carbons (Fsp3) is 0.438. The van der Waals surface area contributed by atoms with Crippen LogP contribution >= 0.6 is 0 Å². The van der Waals surface area contributed by atoms with Crippen LogP contribution in [0, 0.1) is 0 Å². The number of H-pyrrole nitrogens is 1. The van der Waals surface area contributed by atoms with E-state index in [1.165, 1.54) is 16.6 Å². The number of aryl methyl sites for hydroxylation is 1. The SMILES string of the molecule is Cn1nccc1[C@H]1CCCN(Cc2cc(=O)n3[nH]ccc3n2)C1. The van der Waals surface area contributed by atoms with Gasteiger partial charge in [0.05, 0.1) is 5.69 Å². The summed E-state index contributed by atoms with van der Waals surface area (Å²) in [5, 5.41) is 7.15. The predicted octanol–water partition coefficient (Wildman–Crippen LogP) is 1.14. The van der Waals surface area contributed by atoms with E-state index in [4.69, 9.17) is 0 Å². The molecule has 1 N–H and O–H groups in total. The van der Waals surface area contributed by atoms with Crippen molar-refractivity contribution < 1.29 is 0 Å². The number of fused-ring (bicyclic) bond motifs is 1. The van der Waals surface area contributed by atoms with Gasteiger partial charge in [0.15, 0.2) is 5.65 Å². The summed E-state index contributed by atoms with van der Waals surface area (Å²) in [5.74, 6) is 0.494. The highest BCUT2D eigenvalue weighted by atomic mass is 16.1. The van der Waals surface area contributed by atoms with Gasteiger partial charge in [0, 0.05) is 56.3 Å². The first-order chi connectivity index (χ1) is 11.2. The lowest BCUT2D eigenvalue weighted by molar-refractivity contribution is 0.194. The molecule has 0 aliphatic carbocycles. The zero-order chi connectivity index (χ0) is 15.8. The summed E-state index contributed by atoms with van der Waals surface area (Å²) in [5.41, 5.74) is 2.73. The summed E-state index contributed by atoms with van der Waals surface area (Å²) < 4.78 is 3.42. The standard InChI is InChI=1S/C16H20N6O/c1-20-14(4-6-17-20)12-3-2-8-21(10-12)11-13-9-16(23)22-15(19-13)5-7-18-22/h4-7,9,12,18H,2-3,8,10-11H2,1H3/t12-/m0/s1. The molecule has 3 aromatic rings. The van der Waals surface area contributed by atoms with E-state index in [0.29, 0.717) is 18.1 Å². The maximum absolute atomic E-state index is 12.1. The average molecular weight is 312 g/mol. The van der Waals surface area contributed by atoms with Gasteiger partial charge in [0.25, 0.3) is 5.56 Å². The molecule has 0 saturated carbocycles. The van der Waals surface area contributed by atoms with Gasteiger partial charge in [-0.3, -0.25) is 19.5 Å². The Morgan fingerprint density at radius 3 is 3.13 bits per heavy atom. The monoisotopic (exact) mass is 312 g/mol. The third kappa shape index (κ3) is 2.68. The van der Waals surface area contributed by atoms with Crippen molar-refractivity contribution in [2.24, 2.45) is 7.05 Å². The van der Waals surface area contributed by atoms with Crippen LogP contribution in [0.2, 0.25) is 0 Å². The second kappa shape index (κ2) is 5.66. The summed E-state index contributed by atoms with van der Waals surface area (Å²) in [6, 6.07) is 5.54. The molecule has 1 aliphatic rings.